The number of nitrogens with zero attached hydrogens (tertiary/aromatic N) is 1. The van der Waals surface area contributed by atoms with Gasteiger partial charge in [-0.15, -0.1) is 0 Å². The lowest BCUT2D eigenvalue weighted by atomic mass is 9.79. The Morgan fingerprint density at radius 1 is 1.17 bits per heavy atom. The summed E-state index contributed by atoms with van der Waals surface area (Å²) in [5.41, 5.74) is 0. The Hall–Kier alpha value is 0.0249. The van der Waals surface area contributed by atoms with Gasteiger partial charge in [0.15, 0.2) is 7.98 Å². The minimum Gasteiger partial charge on any atom is -0.349 e. The third-order valence-electron chi connectivity index (χ3n) is 3.41. The molecule has 0 spiro atoms. The molecule has 0 aromatic carbocycles. The lowest BCUT2D eigenvalue weighted by Gasteiger charge is -2.34. The molecule has 1 saturated carbocycles. The molecule has 2 heteroatoms. The van der Waals surface area contributed by atoms with Crippen LogP contribution in [0.4, 0.5) is 0 Å². The maximum absolute atomic E-state index is 2.39. The van der Waals surface area contributed by atoms with Crippen molar-refractivity contribution in [1.29, 1.82) is 0 Å². The molecule has 1 aliphatic carbocycles. The maximum Gasteiger partial charge on any atom is 0.185 e. The quantitative estimate of drug-likeness (QED) is 0.565. The highest BCUT2D eigenvalue weighted by Crippen LogP contribution is 2.31. The third kappa shape index (κ3) is 2.51. The summed E-state index contributed by atoms with van der Waals surface area (Å²) >= 11 is 0. The van der Waals surface area contributed by atoms with Gasteiger partial charge in [0.2, 0.25) is 0 Å². The zero-order valence-electron chi connectivity index (χ0n) is 9.01. The first kappa shape index (κ1) is 10.1. The Balaban J connectivity index is 2.30. The van der Waals surface area contributed by atoms with Crippen LogP contribution in [0.2, 0.25) is 0 Å². The number of hydrogen-bond acceptors (Lipinski definition) is 1. The molecule has 0 N–H and O–H groups in total. The van der Waals surface area contributed by atoms with Crippen LogP contribution in [0.25, 0.3) is 0 Å². The van der Waals surface area contributed by atoms with Crippen molar-refractivity contribution in [3.05, 3.63) is 0 Å². The van der Waals surface area contributed by atoms with Gasteiger partial charge in [-0.1, -0.05) is 13.8 Å². The van der Waals surface area contributed by atoms with Crippen LogP contribution in [-0.2, 0) is 0 Å². The second-order valence-corrected chi connectivity index (χ2v) is 4.78. The van der Waals surface area contributed by atoms with E-state index in [-0.39, 0.29) is 0 Å². The van der Waals surface area contributed by atoms with E-state index in [2.05, 4.69) is 33.7 Å². The molecule has 1 fully saturated rings. The Kier molecular flexibility index (Phi) is 3.63. The van der Waals surface area contributed by atoms with Crippen LogP contribution in [0, 0.1) is 11.8 Å². The van der Waals surface area contributed by atoms with E-state index in [0.717, 1.165) is 17.9 Å². The molecule has 0 aromatic rings. The van der Waals surface area contributed by atoms with Crippen molar-refractivity contribution in [2.24, 2.45) is 11.8 Å². The fraction of sp³-hybridized carbons (Fsp3) is 1.00. The summed E-state index contributed by atoms with van der Waals surface area (Å²) in [6, 6.07) is 0.861. The van der Waals surface area contributed by atoms with Gasteiger partial charge < -0.3 is 4.81 Å². The van der Waals surface area contributed by atoms with E-state index in [1.807, 2.05) is 0 Å². The van der Waals surface area contributed by atoms with Gasteiger partial charge in [-0.2, -0.15) is 0 Å². The second-order valence-electron chi connectivity index (χ2n) is 4.78. The summed E-state index contributed by atoms with van der Waals surface area (Å²) < 4.78 is 0. The largest absolute Gasteiger partial charge is 0.349 e. The van der Waals surface area contributed by atoms with Gasteiger partial charge in [-0.05, 0) is 50.6 Å². The highest BCUT2D eigenvalue weighted by Gasteiger charge is 2.23. The molecule has 1 aliphatic rings. The molecule has 0 unspecified atom stereocenters. The maximum atomic E-state index is 2.39. The molecule has 70 valence electrons. The molecule has 0 aromatic heterocycles. The van der Waals surface area contributed by atoms with Crippen molar-refractivity contribution in [2.45, 2.75) is 45.6 Å². The topological polar surface area (TPSA) is 3.24 Å². The van der Waals surface area contributed by atoms with Crippen molar-refractivity contribution >= 4 is 7.98 Å². The van der Waals surface area contributed by atoms with Crippen LogP contribution >= 0.6 is 0 Å². The number of hydrogen-bond donors (Lipinski definition) is 0. The van der Waals surface area contributed by atoms with Gasteiger partial charge in [-0.25, -0.2) is 0 Å². The van der Waals surface area contributed by atoms with Gasteiger partial charge in [0.1, 0.15) is 0 Å². The van der Waals surface area contributed by atoms with E-state index >= 15 is 0 Å². The van der Waals surface area contributed by atoms with Crippen LogP contribution in [0.15, 0.2) is 0 Å². The van der Waals surface area contributed by atoms with Crippen LogP contribution < -0.4 is 0 Å². The first-order valence-corrected chi connectivity index (χ1v) is 5.27. The van der Waals surface area contributed by atoms with Gasteiger partial charge in [0.05, 0.1) is 0 Å². The molecule has 1 rings (SSSR count). The Bertz CT molecular complexity index is 110. The van der Waals surface area contributed by atoms with Crippen molar-refractivity contribution < 1.29 is 0 Å². The van der Waals surface area contributed by atoms with Crippen LogP contribution in [-0.4, -0.2) is 25.9 Å². The molecular formula is C10H22BN. The SMILES string of the molecule is BN(C)C1CCC(C(C)C)CC1. The Morgan fingerprint density at radius 3 is 2.00 bits per heavy atom. The second kappa shape index (κ2) is 4.31. The van der Waals surface area contributed by atoms with Crippen molar-refractivity contribution in [3.63, 3.8) is 0 Å². The van der Waals surface area contributed by atoms with Crippen molar-refractivity contribution in [1.82, 2.24) is 4.81 Å². The minimum atomic E-state index is 0.861. The lowest BCUT2D eigenvalue weighted by molar-refractivity contribution is 0.204. The summed E-state index contributed by atoms with van der Waals surface area (Å²) in [6.07, 6.45) is 5.72. The highest BCUT2D eigenvalue weighted by atomic mass is 15.0. The van der Waals surface area contributed by atoms with E-state index in [1.165, 1.54) is 25.7 Å². The van der Waals surface area contributed by atoms with Crippen LogP contribution in [0.1, 0.15) is 39.5 Å². The molecular weight excluding hydrogens is 145 g/mol. The zero-order valence-corrected chi connectivity index (χ0v) is 9.01. The standard InChI is InChI=1S/C10H22BN/c1-8(2)9-4-6-10(7-5-9)12(3)11/h8-10H,4-7,11H2,1-3H3. The monoisotopic (exact) mass is 167 g/mol. The summed E-state index contributed by atoms with van der Waals surface area (Å²) in [7, 11) is 4.42. The molecule has 1 nitrogen and oxygen atoms in total. The van der Waals surface area contributed by atoms with E-state index in [9.17, 15) is 0 Å². The fourth-order valence-electron chi connectivity index (χ4n) is 2.28. The van der Waals surface area contributed by atoms with Crippen LogP contribution in [0.3, 0.4) is 0 Å². The molecule has 0 amide bonds. The number of rotatable bonds is 2. The first-order valence-electron chi connectivity index (χ1n) is 5.27. The highest BCUT2D eigenvalue weighted by molar-refractivity contribution is 6.04. The Labute approximate surface area is 78.0 Å². The summed E-state index contributed by atoms with van der Waals surface area (Å²) in [5, 5.41) is 0. The third-order valence-corrected chi connectivity index (χ3v) is 3.41. The first-order chi connectivity index (χ1) is 5.61. The average Bonchev–Trinajstić information content (AvgIpc) is 2.04. The molecule has 0 radical (unpaired) electrons. The molecule has 0 atom stereocenters. The van der Waals surface area contributed by atoms with Crippen molar-refractivity contribution in [2.75, 3.05) is 7.05 Å². The molecule has 0 aliphatic heterocycles. The fourth-order valence-corrected chi connectivity index (χ4v) is 2.28. The smallest absolute Gasteiger partial charge is 0.185 e. The van der Waals surface area contributed by atoms with Gasteiger partial charge >= 0.3 is 0 Å². The van der Waals surface area contributed by atoms with Gasteiger partial charge in [0, 0.05) is 0 Å². The predicted octanol–water partition coefficient (Wildman–Crippen LogP) is 1.68. The van der Waals surface area contributed by atoms with E-state index in [1.54, 1.807) is 0 Å². The van der Waals surface area contributed by atoms with Gasteiger partial charge in [0.25, 0.3) is 0 Å². The average molecular weight is 167 g/mol. The Morgan fingerprint density at radius 2 is 1.67 bits per heavy atom. The van der Waals surface area contributed by atoms with E-state index < -0.39 is 0 Å². The molecule has 0 heterocycles. The molecule has 0 bridgehead atoms. The molecule has 12 heavy (non-hydrogen) atoms. The summed E-state index contributed by atoms with van der Waals surface area (Å²) in [6.45, 7) is 4.72. The predicted molar refractivity (Wildman–Crippen MR) is 56.9 cm³/mol. The van der Waals surface area contributed by atoms with Crippen LogP contribution in [0.5, 0.6) is 0 Å². The summed E-state index contributed by atoms with van der Waals surface area (Å²) in [4.78, 5) is 2.39. The van der Waals surface area contributed by atoms with Gasteiger partial charge in [-0.3, -0.25) is 0 Å². The molecule has 0 saturated heterocycles. The lowest BCUT2D eigenvalue weighted by Crippen LogP contribution is -2.34. The van der Waals surface area contributed by atoms with E-state index in [0.29, 0.717) is 0 Å². The zero-order chi connectivity index (χ0) is 9.14. The minimum absolute atomic E-state index is 0.861. The van der Waals surface area contributed by atoms with E-state index in [4.69, 9.17) is 0 Å². The van der Waals surface area contributed by atoms with Crippen molar-refractivity contribution in [3.8, 4) is 0 Å². The normalized spacial score (nSPS) is 31.4. The summed E-state index contributed by atoms with van der Waals surface area (Å²) in [5.74, 6) is 1.90.